The highest BCUT2D eigenvalue weighted by atomic mass is 19.4. The molecule has 4 atom stereocenters. The summed E-state index contributed by atoms with van der Waals surface area (Å²) in [5.74, 6) is -1.06. The Labute approximate surface area is 147 Å². The summed E-state index contributed by atoms with van der Waals surface area (Å²) < 4.78 is 83.0. The van der Waals surface area contributed by atoms with Crippen molar-refractivity contribution in [3.8, 4) is 0 Å². The molecule has 2 N–H and O–H groups in total. The smallest absolute Gasteiger partial charge is 0.385 e. The highest BCUT2D eigenvalue weighted by molar-refractivity contribution is 5.86. The normalized spacial score (nSPS) is 17.6. The molecule has 0 aliphatic rings. The molecule has 5 nitrogen and oxygen atoms in total. The first-order valence-corrected chi connectivity index (χ1v) is 7.88. The van der Waals surface area contributed by atoms with Crippen LogP contribution in [0.2, 0.25) is 0 Å². The Balaban J connectivity index is 4.40. The zero-order valence-electron chi connectivity index (χ0n) is 14.4. The van der Waals surface area contributed by atoms with E-state index in [2.05, 4.69) is 9.47 Å². The fraction of sp³-hybridized carbons (Fsp3) is 0.933. The molecule has 0 rings (SSSR count). The van der Waals surface area contributed by atoms with Crippen molar-refractivity contribution in [1.82, 2.24) is 0 Å². The minimum absolute atomic E-state index is 0.273. The molecule has 0 aliphatic heterocycles. The summed E-state index contributed by atoms with van der Waals surface area (Å²) in [4.78, 5) is 11.8. The number of halogens is 6. The van der Waals surface area contributed by atoms with E-state index >= 15 is 0 Å². The molecule has 0 aliphatic carbocycles. The zero-order chi connectivity index (χ0) is 20.5. The van der Waals surface area contributed by atoms with Crippen molar-refractivity contribution in [2.45, 2.75) is 75.3 Å². The van der Waals surface area contributed by atoms with Crippen LogP contribution in [0.1, 0.15) is 38.5 Å². The molecule has 0 saturated heterocycles. The Morgan fingerprint density at radius 2 is 1.08 bits per heavy atom. The Morgan fingerprint density at radius 1 is 0.769 bits per heavy atom. The van der Waals surface area contributed by atoms with Crippen molar-refractivity contribution in [3.63, 3.8) is 0 Å². The number of Topliss-reactive ketones (excluding diaryl/α,β-unsaturated/α-hetero) is 1. The molecule has 0 saturated carbocycles. The van der Waals surface area contributed by atoms with Crippen molar-refractivity contribution < 1.29 is 50.8 Å². The summed E-state index contributed by atoms with van der Waals surface area (Å²) in [6.45, 7) is 0. The van der Waals surface area contributed by atoms with Crippen molar-refractivity contribution in [3.05, 3.63) is 0 Å². The van der Waals surface area contributed by atoms with Crippen LogP contribution < -0.4 is 0 Å². The fourth-order valence-electron chi connectivity index (χ4n) is 2.32. The summed E-state index contributed by atoms with van der Waals surface area (Å²) >= 11 is 0. The van der Waals surface area contributed by atoms with Gasteiger partial charge in [0.1, 0.15) is 12.2 Å². The lowest BCUT2D eigenvalue weighted by molar-refractivity contribution is -0.159. The SMILES string of the molecule is COC(CC[C@H](O)C(=O)[C@@H](O)CCC(CC(F)(F)F)OC)CC(F)(F)F. The number of rotatable bonds is 12. The molecule has 0 aromatic heterocycles. The number of aliphatic hydroxyl groups is 2. The monoisotopic (exact) mass is 398 g/mol. The van der Waals surface area contributed by atoms with E-state index in [9.17, 15) is 41.4 Å². The van der Waals surface area contributed by atoms with Crippen LogP contribution >= 0.6 is 0 Å². The van der Waals surface area contributed by atoms with Crippen LogP contribution in [0.4, 0.5) is 26.3 Å². The van der Waals surface area contributed by atoms with Gasteiger partial charge in [-0.15, -0.1) is 0 Å². The predicted octanol–water partition coefficient (Wildman–Crippen LogP) is 2.77. The first-order chi connectivity index (χ1) is 11.8. The van der Waals surface area contributed by atoms with Gasteiger partial charge in [-0.05, 0) is 25.7 Å². The van der Waals surface area contributed by atoms with Crippen LogP contribution in [0.3, 0.4) is 0 Å². The maximum absolute atomic E-state index is 12.3. The molecule has 0 heterocycles. The number of aliphatic hydroxyl groups excluding tert-OH is 2. The third-order valence-corrected chi connectivity index (χ3v) is 3.77. The Kier molecular flexibility index (Phi) is 10.7. The van der Waals surface area contributed by atoms with Gasteiger partial charge >= 0.3 is 12.4 Å². The van der Waals surface area contributed by atoms with E-state index in [0.29, 0.717) is 0 Å². The zero-order valence-corrected chi connectivity index (χ0v) is 14.4. The quantitative estimate of drug-likeness (QED) is 0.495. The summed E-state index contributed by atoms with van der Waals surface area (Å²) in [5.41, 5.74) is 0. The van der Waals surface area contributed by atoms with Gasteiger partial charge in [0.25, 0.3) is 0 Å². The Bertz CT molecular complexity index is 376. The molecule has 2 unspecified atom stereocenters. The van der Waals surface area contributed by atoms with Gasteiger partial charge < -0.3 is 19.7 Å². The second-order valence-electron chi connectivity index (χ2n) is 5.94. The van der Waals surface area contributed by atoms with E-state index in [4.69, 9.17) is 0 Å². The van der Waals surface area contributed by atoms with Crippen LogP contribution in [0.25, 0.3) is 0 Å². The molecule has 156 valence electrons. The van der Waals surface area contributed by atoms with Crippen LogP contribution in [0, 0.1) is 0 Å². The molecule has 0 radical (unpaired) electrons. The highest BCUT2D eigenvalue weighted by Gasteiger charge is 2.34. The molecule has 0 bridgehead atoms. The first-order valence-electron chi connectivity index (χ1n) is 7.88. The van der Waals surface area contributed by atoms with E-state index in [1.807, 2.05) is 0 Å². The maximum Gasteiger partial charge on any atom is 0.391 e. The van der Waals surface area contributed by atoms with Gasteiger partial charge in [0.2, 0.25) is 0 Å². The number of alkyl halides is 6. The average Bonchev–Trinajstić information content (AvgIpc) is 2.51. The molecule has 26 heavy (non-hydrogen) atoms. The summed E-state index contributed by atoms with van der Waals surface area (Å²) in [6.07, 6.45) is -18.7. The summed E-state index contributed by atoms with van der Waals surface area (Å²) in [5, 5.41) is 19.4. The minimum Gasteiger partial charge on any atom is -0.385 e. The molecule has 11 heteroatoms. The molecular weight excluding hydrogens is 374 g/mol. The lowest BCUT2D eigenvalue weighted by Crippen LogP contribution is -2.34. The number of carbonyl (C=O) groups excluding carboxylic acids is 1. The molecule has 0 spiro atoms. The minimum atomic E-state index is -4.47. The number of methoxy groups -OCH3 is 2. The number of hydrogen-bond acceptors (Lipinski definition) is 5. The Hall–Kier alpha value is -0.910. The van der Waals surface area contributed by atoms with Gasteiger partial charge in [0, 0.05) is 14.2 Å². The van der Waals surface area contributed by atoms with Gasteiger partial charge in [-0.3, -0.25) is 4.79 Å². The summed E-state index contributed by atoms with van der Waals surface area (Å²) in [7, 11) is 2.12. The largest absolute Gasteiger partial charge is 0.391 e. The second-order valence-corrected chi connectivity index (χ2v) is 5.94. The van der Waals surface area contributed by atoms with Gasteiger partial charge in [-0.25, -0.2) is 0 Å². The van der Waals surface area contributed by atoms with Crippen LogP contribution in [-0.2, 0) is 14.3 Å². The van der Waals surface area contributed by atoms with Gasteiger partial charge in [0.15, 0.2) is 5.78 Å². The number of ketones is 1. The predicted molar refractivity (Wildman–Crippen MR) is 78.4 cm³/mol. The highest BCUT2D eigenvalue weighted by Crippen LogP contribution is 2.26. The maximum atomic E-state index is 12.3. The van der Waals surface area contributed by atoms with Gasteiger partial charge in [-0.1, -0.05) is 0 Å². The second kappa shape index (κ2) is 11.1. The third-order valence-electron chi connectivity index (χ3n) is 3.77. The number of hydrogen-bond donors (Lipinski definition) is 2. The van der Waals surface area contributed by atoms with E-state index in [1.54, 1.807) is 0 Å². The lowest BCUT2D eigenvalue weighted by atomic mass is 9.98. The van der Waals surface area contributed by atoms with E-state index < -0.39 is 55.4 Å². The van der Waals surface area contributed by atoms with E-state index in [0.717, 1.165) is 14.2 Å². The van der Waals surface area contributed by atoms with Crippen molar-refractivity contribution in [2.75, 3.05) is 14.2 Å². The van der Waals surface area contributed by atoms with E-state index in [-0.39, 0.29) is 25.7 Å². The van der Waals surface area contributed by atoms with Crippen LogP contribution in [0.15, 0.2) is 0 Å². The average molecular weight is 398 g/mol. The molecule has 0 amide bonds. The van der Waals surface area contributed by atoms with Crippen molar-refractivity contribution in [1.29, 1.82) is 0 Å². The van der Waals surface area contributed by atoms with Gasteiger partial charge in [0.05, 0.1) is 25.0 Å². The standard InChI is InChI=1S/C15H24F6O5/c1-25-9(7-14(16,17)18)3-5-11(22)13(24)12(23)6-4-10(26-2)8-15(19,20)21/h9-12,22-23H,3-8H2,1-2H3/t9?,10?,11-,12-/m0/s1. The fourth-order valence-corrected chi connectivity index (χ4v) is 2.32. The Morgan fingerprint density at radius 3 is 1.31 bits per heavy atom. The van der Waals surface area contributed by atoms with Crippen LogP contribution in [-0.4, -0.2) is 67.0 Å². The lowest BCUT2D eigenvalue weighted by Gasteiger charge is -2.21. The number of ether oxygens (including phenoxy) is 2. The van der Waals surface area contributed by atoms with Crippen molar-refractivity contribution in [2.24, 2.45) is 0 Å². The summed E-state index contributed by atoms with van der Waals surface area (Å²) in [6, 6.07) is 0. The van der Waals surface area contributed by atoms with Gasteiger partial charge in [-0.2, -0.15) is 26.3 Å². The topological polar surface area (TPSA) is 76.0 Å². The van der Waals surface area contributed by atoms with E-state index in [1.165, 1.54) is 0 Å². The third kappa shape index (κ3) is 11.7. The number of carbonyl (C=O) groups is 1. The van der Waals surface area contributed by atoms with Crippen molar-refractivity contribution >= 4 is 5.78 Å². The van der Waals surface area contributed by atoms with Crippen LogP contribution in [0.5, 0.6) is 0 Å². The molecule has 0 aromatic rings. The molecule has 0 fully saturated rings. The molecule has 0 aromatic carbocycles. The first kappa shape index (κ1) is 25.1. The molecular formula is C15H24F6O5.